The average Bonchev–Trinajstić information content (AvgIpc) is 2.43. The van der Waals surface area contributed by atoms with Crippen LogP contribution >= 0.6 is 0 Å². The Morgan fingerprint density at radius 1 is 1.30 bits per heavy atom. The average molecular weight is 282 g/mol. The van der Waals surface area contributed by atoms with Gasteiger partial charge in [0.1, 0.15) is 0 Å². The standard InChI is InChI=1S/C16H27FN2O/c1-12(2)19(4)10-6-9-18-13(3)14-7-8-15(17)16(11-14)20-5/h7-8,11-13,18H,6,9-10H2,1-5H3. The molecule has 0 spiro atoms. The second-order valence-electron chi connectivity index (χ2n) is 5.50. The Kier molecular flexibility index (Phi) is 6.96. The molecule has 0 fully saturated rings. The number of methoxy groups -OCH3 is 1. The van der Waals surface area contributed by atoms with E-state index in [1.54, 1.807) is 12.1 Å². The van der Waals surface area contributed by atoms with E-state index in [0.29, 0.717) is 11.8 Å². The van der Waals surface area contributed by atoms with Crippen molar-refractivity contribution in [2.75, 3.05) is 27.2 Å². The van der Waals surface area contributed by atoms with Crippen LogP contribution in [0.25, 0.3) is 0 Å². The van der Waals surface area contributed by atoms with Crippen LogP contribution in [0.5, 0.6) is 5.75 Å². The van der Waals surface area contributed by atoms with Gasteiger partial charge in [-0.2, -0.15) is 0 Å². The fourth-order valence-corrected chi connectivity index (χ4v) is 1.97. The van der Waals surface area contributed by atoms with E-state index in [0.717, 1.165) is 25.1 Å². The van der Waals surface area contributed by atoms with Crippen molar-refractivity contribution in [2.45, 2.75) is 39.3 Å². The number of rotatable bonds is 8. The maximum atomic E-state index is 13.4. The van der Waals surface area contributed by atoms with Crippen LogP contribution in [0.3, 0.4) is 0 Å². The van der Waals surface area contributed by atoms with Gasteiger partial charge in [-0.05, 0) is 65.0 Å². The predicted octanol–water partition coefficient (Wildman–Crippen LogP) is 3.22. The molecule has 1 atom stereocenters. The maximum Gasteiger partial charge on any atom is 0.165 e. The predicted molar refractivity (Wildman–Crippen MR) is 81.8 cm³/mol. The number of halogens is 1. The highest BCUT2D eigenvalue weighted by molar-refractivity contribution is 5.31. The van der Waals surface area contributed by atoms with E-state index >= 15 is 0 Å². The molecule has 3 nitrogen and oxygen atoms in total. The van der Waals surface area contributed by atoms with Crippen LogP contribution in [0.1, 0.15) is 38.8 Å². The summed E-state index contributed by atoms with van der Waals surface area (Å²) in [7, 11) is 3.63. The van der Waals surface area contributed by atoms with Crippen molar-refractivity contribution in [2.24, 2.45) is 0 Å². The molecule has 0 aliphatic heterocycles. The molecule has 20 heavy (non-hydrogen) atoms. The highest BCUT2D eigenvalue weighted by Crippen LogP contribution is 2.22. The van der Waals surface area contributed by atoms with E-state index in [-0.39, 0.29) is 11.9 Å². The van der Waals surface area contributed by atoms with E-state index in [1.807, 2.05) is 0 Å². The van der Waals surface area contributed by atoms with E-state index in [1.165, 1.54) is 13.2 Å². The third-order valence-electron chi connectivity index (χ3n) is 3.69. The second kappa shape index (κ2) is 8.22. The lowest BCUT2D eigenvalue weighted by atomic mass is 10.1. The van der Waals surface area contributed by atoms with E-state index in [9.17, 15) is 4.39 Å². The fourth-order valence-electron chi connectivity index (χ4n) is 1.97. The maximum absolute atomic E-state index is 13.4. The molecule has 1 N–H and O–H groups in total. The van der Waals surface area contributed by atoms with Gasteiger partial charge < -0.3 is 15.0 Å². The van der Waals surface area contributed by atoms with E-state index < -0.39 is 0 Å². The summed E-state index contributed by atoms with van der Waals surface area (Å²) in [5.74, 6) is -0.0160. The molecule has 0 saturated heterocycles. The summed E-state index contributed by atoms with van der Waals surface area (Å²) in [6, 6.07) is 5.78. The molecule has 1 aromatic rings. The first-order chi connectivity index (χ1) is 9.45. The third-order valence-corrected chi connectivity index (χ3v) is 3.69. The van der Waals surface area contributed by atoms with Crippen LogP contribution in [0, 0.1) is 5.82 Å². The molecule has 1 rings (SSSR count). The lowest BCUT2D eigenvalue weighted by Gasteiger charge is -2.21. The van der Waals surface area contributed by atoms with Crippen molar-refractivity contribution < 1.29 is 9.13 Å². The summed E-state index contributed by atoms with van der Waals surface area (Å²) >= 11 is 0. The molecule has 114 valence electrons. The zero-order chi connectivity index (χ0) is 15.1. The Hall–Kier alpha value is -1.13. The quantitative estimate of drug-likeness (QED) is 0.741. The summed E-state index contributed by atoms with van der Waals surface area (Å²) in [5.41, 5.74) is 1.04. The minimum absolute atomic E-state index is 0.189. The van der Waals surface area contributed by atoms with Crippen molar-refractivity contribution in [3.8, 4) is 5.75 Å². The molecule has 1 aromatic carbocycles. The smallest absolute Gasteiger partial charge is 0.165 e. The third kappa shape index (κ3) is 5.10. The van der Waals surface area contributed by atoms with Crippen LogP contribution in [-0.4, -0.2) is 38.2 Å². The van der Waals surface area contributed by atoms with Crippen LogP contribution in [-0.2, 0) is 0 Å². The van der Waals surface area contributed by atoms with Gasteiger partial charge in [-0.3, -0.25) is 0 Å². The van der Waals surface area contributed by atoms with Crippen molar-refractivity contribution in [1.82, 2.24) is 10.2 Å². The van der Waals surface area contributed by atoms with Gasteiger partial charge in [-0.25, -0.2) is 4.39 Å². The van der Waals surface area contributed by atoms with Crippen LogP contribution in [0.4, 0.5) is 4.39 Å². The molecular weight excluding hydrogens is 255 g/mol. The molecule has 0 bridgehead atoms. The number of nitrogens with zero attached hydrogens (tertiary/aromatic N) is 1. The molecule has 1 unspecified atom stereocenters. The van der Waals surface area contributed by atoms with Gasteiger partial charge in [0.05, 0.1) is 7.11 Å². The van der Waals surface area contributed by atoms with Gasteiger partial charge >= 0.3 is 0 Å². The summed E-state index contributed by atoms with van der Waals surface area (Å²) in [6.45, 7) is 8.49. The molecule has 0 amide bonds. The van der Waals surface area contributed by atoms with Crippen LogP contribution in [0.15, 0.2) is 18.2 Å². The van der Waals surface area contributed by atoms with Gasteiger partial charge in [-0.15, -0.1) is 0 Å². The minimum atomic E-state index is -0.318. The summed E-state index contributed by atoms with van der Waals surface area (Å²) < 4.78 is 18.4. The monoisotopic (exact) mass is 282 g/mol. The summed E-state index contributed by atoms with van der Waals surface area (Å²) in [5, 5.41) is 3.46. The van der Waals surface area contributed by atoms with E-state index in [4.69, 9.17) is 4.74 Å². The molecule has 0 aliphatic rings. The first kappa shape index (κ1) is 16.9. The van der Waals surface area contributed by atoms with Crippen molar-refractivity contribution >= 4 is 0 Å². The van der Waals surface area contributed by atoms with Crippen molar-refractivity contribution in [3.05, 3.63) is 29.6 Å². The van der Waals surface area contributed by atoms with Crippen LogP contribution in [0.2, 0.25) is 0 Å². The van der Waals surface area contributed by atoms with Gasteiger partial charge in [0.25, 0.3) is 0 Å². The molecule has 0 radical (unpaired) electrons. The normalized spacial score (nSPS) is 13.0. The Morgan fingerprint density at radius 2 is 2.00 bits per heavy atom. The molecular formula is C16H27FN2O. The highest BCUT2D eigenvalue weighted by atomic mass is 19.1. The molecule has 4 heteroatoms. The summed E-state index contributed by atoms with van der Waals surface area (Å²) in [6.07, 6.45) is 1.09. The summed E-state index contributed by atoms with van der Waals surface area (Å²) in [4.78, 5) is 2.33. The minimum Gasteiger partial charge on any atom is -0.494 e. The molecule has 0 aliphatic carbocycles. The number of hydrogen-bond donors (Lipinski definition) is 1. The fraction of sp³-hybridized carbons (Fsp3) is 0.625. The molecule has 0 saturated carbocycles. The Labute approximate surface area is 122 Å². The highest BCUT2D eigenvalue weighted by Gasteiger charge is 2.09. The SMILES string of the molecule is COc1cc(C(C)NCCCN(C)C(C)C)ccc1F. The Bertz CT molecular complexity index is 409. The topological polar surface area (TPSA) is 24.5 Å². The van der Waals surface area contributed by atoms with Crippen LogP contribution < -0.4 is 10.1 Å². The molecule has 0 heterocycles. The largest absolute Gasteiger partial charge is 0.494 e. The number of hydrogen-bond acceptors (Lipinski definition) is 3. The van der Waals surface area contributed by atoms with Gasteiger partial charge in [0.2, 0.25) is 0 Å². The Morgan fingerprint density at radius 3 is 2.60 bits per heavy atom. The zero-order valence-corrected chi connectivity index (χ0v) is 13.2. The molecule has 0 aromatic heterocycles. The number of nitrogens with one attached hydrogen (secondary N) is 1. The van der Waals surface area contributed by atoms with Gasteiger partial charge in [0.15, 0.2) is 11.6 Å². The lowest BCUT2D eigenvalue weighted by Crippen LogP contribution is -2.30. The first-order valence-corrected chi connectivity index (χ1v) is 7.22. The van der Waals surface area contributed by atoms with Crippen molar-refractivity contribution in [3.63, 3.8) is 0 Å². The van der Waals surface area contributed by atoms with Gasteiger partial charge in [0, 0.05) is 12.1 Å². The second-order valence-corrected chi connectivity index (χ2v) is 5.50. The Balaban J connectivity index is 2.41. The van der Waals surface area contributed by atoms with Crippen molar-refractivity contribution in [1.29, 1.82) is 0 Å². The number of benzene rings is 1. The number of ether oxygens (including phenoxy) is 1. The van der Waals surface area contributed by atoms with Gasteiger partial charge in [-0.1, -0.05) is 6.07 Å². The zero-order valence-electron chi connectivity index (χ0n) is 13.2. The lowest BCUT2D eigenvalue weighted by molar-refractivity contribution is 0.268. The first-order valence-electron chi connectivity index (χ1n) is 7.22. The van der Waals surface area contributed by atoms with E-state index in [2.05, 4.69) is 38.0 Å².